The highest BCUT2D eigenvalue weighted by Gasteiger charge is 2.27. The summed E-state index contributed by atoms with van der Waals surface area (Å²) in [6.45, 7) is 7.05. The Kier molecular flexibility index (Phi) is 4.50. The predicted molar refractivity (Wildman–Crippen MR) is 81.7 cm³/mol. The maximum Gasteiger partial charge on any atom is 0.0294 e. The molecule has 0 saturated heterocycles. The summed E-state index contributed by atoms with van der Waals surface area (Å²) in [6, 6.07) is 9.74. The first kappa shape index (κ1) is 14.1. The molecule has 2 heteroatoms. The van der Waals surface area contributed by atoms with E-state index in [1.165, 1.54) is 35.7 Å². The summed E-state index contributed by atoms with van der Waals surface area (Å²) in [6.07, 6.45) is 5.31. The maximum atomic E-state index is 3.78. The normalized spacial score (nSPS) is 21.8. The quantitative estimate of drug-likeness (QED) is 0.822. The third-order valence-corrected chi connectivity index (χ3v) is 4.67. The van der Waals surface area contributed by atoms with E-state index in [9.17, 15) is 0 Å². The highest BCUT2D eigenvalue weighted by molar-refractivity contribution is 9.10. The lowest BCUT2D eigenvalue weighted by Crippen LogP contribution is -2.37. The van der Waals surface area contributed by atoms with Gasteiger partial charge in [0.05, 0.1) is 0 Å². The minimum atomic E-state index is 0.439. The smallest absolute Gasteiger partial charge is 0.0294 e. The topological polar surface area (TPSA) is 12.0 Å². The van der Waals surface area contributed by atoms with Gasteiger partial charge in [-0.2, -0.15) is 0 Å². The summed E-state index contributed by atoms with van der Waals surface area (Å²) in [5.41, 5.74) is 1.92. The van der Waals surface area contributed by atoms with Gasteiger partial charge in [0.25, 0.3) is 0 Å². The molecule has 0 spiro atoms. The van der Waals surface area contributed by atoms with Crippen LogP contribution in [0.5, 0.6) is 0 Å². The number of hydrogen-bond acceptors (Lipinski definition) is 1. The van der Waals surface area contributed by atoms with Gasteiger partial charge in [0.15, 0.2) is 0 Å². The molecule has 1 N–H and O–H groups in total. The molecule has 0 bridgehead atoms. The Bertz CT molecular complexity index is 390. The fourth-order valence-corrected chi connectivity index (χ4v) is 3.21. The number of rotatable bonds is 3. The molecule has 0 radical (unpaired) electrons. The molecule has 1 aliphatic carbocycles. The van der Waals surface area contributed by atoms with Gasteiger partial charge in [0, 0.05) is 16.6 Å². The molecule has 0 aliphatic heterocycles. The summed E-state index contributed by atoms with van der Waals surface area (Å²) in [5.74, 6) is 0. The Morgan fingerprint density at radius 2 is 1.94 bits per heavy atom. The summed E-state index contributed by atoms with van der Waals surface area (Å²) in [5, 5.41) is 3.78. The first-order chi connectivity index (χ1) is 8.46. The summed E-state index contributed by atoms with van der Waals surface area (Å²) in [7, 11) is 0. The molecule has 1 aromatic rings. The zero-order valence-electron chi connectivity index (χ0n) is 11.7. The molecule has 1 fully saturated rings. The zero-order valence-corrected chi connectivity index (χ0v) is 13.3. The molecule has 1 aromatic carbocycles. The van der Waals surface area contributed by atoms with Crippen LogP contribution in [0.25, 0.3) is 0 Å². The molecule has 100 valence electrons. The van der Waals surface area contributed by atoms with Gasteiger partial charge >= 0.3 is 0 Å². The van der Waals surface area contributed by atoms with Crippen molar-refractivity contribution in [3.8, 4) is 0 Å². The van der Waals surface area contributed by atoms with Gasteiger partial charge in [-0.3, -0.25) is 0 Å². The van der Waals surface area contributed by atoms with Crippen LogP contribution < -0.4 is 5.32 Å². The molecule has 1 nitrogen and oxygen atoms in total. The van der Waals surface area contributed by atoms with Crippen molar-refractivity contribution in [2.45, 2.75) is 58.5 Å². The average molecular weight is 310 g/mol. The van der Waals surface area contributed by atoms with Crippen LogP contribution in [-0.4, -0.2) is 6.04 Å². The molecule has 0 unspecified atom stereocenters. The van der Waals surface area contributed by atoms with E-state index in [1.807, 2.05) is 0 Å². The molecule has 2 rings (SSSR count). The van der Waals surface area contributed by atoms with Gasteiger partial charge in [-0.05, 0) is 55.7 Å². The van der Waals surface area contributed by atoms with Crippen LogP contribution >= 0.6 is 15.9 Å². The Morgan fingerprint density at radius 3 is 2.56 bits per heavy atom. The Morgan fingerprint density at radius 1 is 1.28 bits per heavy atom. The second-order valence-corrected chi connectivity index (χ2v) is 7.30. The van der Waals surface area contributed by atoms with E-state index in [4.69, 9.17) is 0 Å². The van der Waals surface area contributed by atoms with Crippen molar-refractivity contribution in [1.82, 2.24) is 5.32 Å². The molecule has 1 aliphatic rings. The number of halogens is 1. The highest BCUT2D eigenvalue weighted by Crippen LogP contribution is 2.35. The molecule has 0 heterocycles. The van der Waals surface area contributed by atoms with Crippen molar-refractivity contribution in [3.63, 3.8) is 0 Å². The zero-order chi connectivity index (χ0) is 13.2. The molecule has 0 amide bonds. The Hall–Kier alpha value is -0.340. The predicted octanol–water partition coefficient (Wildman–Crippen LogP) is 5.07. The highest BCUT2D eigenvalue weighted by atomic mass is 79.9. The lowest BCUT2D eigenvalue weighted by atomic mass is 9.75. The van der Waals surface area contributed by atoms with Crippen molar-refractivity contribution >= 4 is 15.9 Å². The van der Waals surface area contributed by atoms with E-state index in [0.717, 1.165) is 0 Å². The van der Waals surface area contributed by atoms with Gasteiger partial charge in [-0.15, -0.1) is 0 Å². The lowest BCUT2D eigenvalue weighted by Gasteiger charge is -2.36. The van der Waals surface area contributed by atoms with Crippen LogP contribution in [-0.2, 0) is 0 Å². The van der Waals surface area contributed by atoms with Gasteiger partial charge in [0.1, 0.15) is 0 Å². The molecular weight excluding hydrogens is 286 g/mol. The van der Waals surface area contributed by atoms with Crippen LogP contribution in [0.2, 0.25) is 0 Å². The van der Waals surface area contributed by atoms with Gasteiger partial charge in [-0.25, -0.2) is 0 Å². The molecule has 1 saturated carbocycles. The minimum Gasteiger partial charge on any atom is -0.307 e. The average Bonchev–Trinajstić information content (AvgIpc) is 2.32. The van der Waals surface area contributed by atoms with Gasteiger partial charge in [0.2, 0.25) is 0 Å². The monoisotopic (exact) mass is 309 g/mol. The standard InChI is InChI=1S/C16H24BrN/c1-12(13-5-4-6-14(17)11-13)18-15-7-9-16(2,3)10-8-15/h4-6,11-12,15,18H,7-10H2,1-3H3/t12-/m0/s1. The molecule has 0 aromatic heterocycles. The second-order valence-electron chi connectivity index (χ2n) is 6.38. The molecule has 1 atom stereocenters. The third-order valence-electron chi connectivity index (χ3n) is 4.17. The van der Waals surface area contributed by atoms with E-state index in [0.29, 0.717) is 17.5 Å². The van der Waals surface area contributed by atoms with Crippen LogP contribution in [0, 0.1) is 5.41 Å². The van der Waals surface area contributed by atoms with Crippen molar-refractivity contribution in [3.05, 3.63) is 34.3 Å². The van der Waals surface area contributed by atoms with Crippen molar-refractivity contribution < 1.29 is 0 Å². The molecular formula is C16H24BrN. The van der Waals surface area contributed by atoms with Crippen LogP contribution in [0.3, 0.4) is 0 Å². The summed E-state index contributed by atoms with van der Waals surface area (Å²) < 4.78 is 1.17. The lowest BCUT2D eigenvalue weighted by molar-refractivity contribution is 0.200. The second kappa shape index (κ2) is 5.75. The Balaban J connectivity index is 1.90. The Labute approximate surface area is 119 Å². The molecule has 18 heavy (non-hydrogen) atoms. The van der Waals surface area contributed by atoms with E-state index in [1.54, 1.807) is 0 Å². The first-order valence-electron chi connectivity index (χ1n) is 6.98. The fourth-order valence-electron chi connectivity index (χ4n) is 2.79. The largest absolute Gasteiger partial charge is 0.307 e. The van der Waals surface area contributed by atoms with E-state index in [2.05, 4.69) is 66.3 Å². The van der Waals surface area contributed by atoms with E-state index < -0.39 is 0 Å². The van der Waals surface area contributed by atoms with Crippen molar-refractivity contribution in [2.24, 2.45) is 5.41 Å². The SMILES string of the molecule is C[C@H](NC1CCC(C)(C)CC1)c1cccc(Br)c1. The third kappa shape index (κ3) is 3.83. The first-order valence-corrected chi connectivity index (χ1v) is 7.77. The van der Waals surface area contributed by atoms with Gasteiger partial charge < -0.3 is 5.32 Å². The van der Waals surface area contributed by atoms with Crippen LogP contribution in [0.15, 0.2) is 28.7 Å². The van der Waals surface area contributed by atoms with E-state index >= 15 is 0 Å². The summed E-state index contributed by atoms with van der Waals surface area (Å²) >= 11 is 3.54. The number of nitrogens with one attached hydrogen (secondary N) is 1. The fraction of sp³-hybridized carbons (Fsp3) is 0.625. The van der Waals surface area contributed by atoms with Crippen molar-refractivity contribution in [2.75, 3.05) is 0 Å². The van der Waals surface area contributed by atoms with Gasteiger partial charge in [-0.1, -0.05) is 41.9 Å². The summed E-state index contributed by atoms with van der Waals surface area (Å²) in [4.78, 5) is 0. The minimum absolute atomic E-state index is 0.439. The number of benzene rings is 1. The van der Waals surface area contributed by atoms with Crippen molar-refractivity contribution in [1.29, 1.82) is 0 Å². The van der Waals surface area contributed by atoms with Crippen LogP contribution in [0.1, 0.15) is 58.1 Å². The maximum absolute atomic E-state index is 3.78. The van der Waals surface area contributed by atoms with E-state index in [-0.39, 0.29) is 0 Å². The number of hydrogen-bond donors (Lipinski definition) is 1. The van der Waals surface area contributed by atoms with Crippen LogP contribution in [0.4, 0.5) is 0 Å².